The molecule has 0 unspecified atom stereocenters. The predicted octanol–water partition coefficient (Wildman–Crippen LogP) is 3.88. The number of carbonyl (C=O) groups is 2. The lowest BCUT2D eigenvalue weighted by Crippen LogP contribution is -2.44. The fraction of sp³-hybridized carbons (Fsp3) is 0.0556. The van der Waals surface area contributed by atoms with Gasteiger partial charge < -0.3 is 10.6 Å². The number of rotatable bonds is 5. The number of nitrogens with one attached hydrogen (secondary N) is 4. The van der Waals surface area contributed by atoms with E-state index in [-0.39, 0.29) is 0 Å². The average Bonchev–Trinajstić information content (AvgIpc) is 3.11. The van der Waals surface area contributed by atoms with Crippen molar-refractivity contribution in [1.82, 2.24) is 15.8 Å². The van der Waals surface area contributed by atoms with E-state index in [4.69, 9.17) is 11.6 Å². The minimum absolute atomic E-state index is 0.396. The number of hydrogen-bond acceptors (Lipinski definition) is 5. The third-order valence-electron chi connectivity index (χ3n) is 3.47. The van der Waals surface area contributed by atoms with Crippen molar-refractivity contribution >= 4 is 46.3 Å². The Morgan fingerprint density at radius 1 is 1.00 bits per heavy atom. The Bertz CT molecular complexity index is 932. The summed E-state index contributed by atoms with van der Waals surface area (Å²) in [5.74, 6) is -0.441. The van der Waals surface area contributed by atoms with Crippen LogP contribution in [0.1, 0.15) is 15.2 Å². The molecule has 0 aliphatic carbocycles. The number of hydrazine groups is 1. The minimum atomic E-state index is -0.542. The lowest BCUT2D eigenvalue weighted by atomic mass is 10.1. The van der Waals surface area contributed by atoms with Crippen LogP contribution < -0.4 is 21.5 Å². The standard InChI is InChI=1S/C18H16ClN5O2S/c19-17-21-11-13(27-17)10-20-15-9-5-4-8-14(15)16(25)23-24-18(26)22-12-6-2-1-3-7-12/h1-9,11,20H,10H2,(H,23,25)(H2,22,24,26). The van der Waals surface area contributed by atoms with Crippen molar-refractivity contribution in [3.8, 4) is 0 Å². The number of anilines is 2. The molecule has 138 valence electrons. The molecule has 0 saturated carbocycles. The first kappa shape index (κ1) is 18.7. The number of urea groups is 1. The number of thiazole rings is 1. The molecular weight excluding hydrogens is 386 g/mol. The normalized spacial score (nSPS) is 10.1. The van der Waals surface area contributed by atoms with Crippen LogP contribution in [0.4, 0.5) is 16.2 Å². The molecule has 0 atom stereocenters. The van der Waals surface area contributed by atoms with Crippen LogP contribution in [-0.4, -0.2) is 16.9 Å². The van der Waals surface area contributed by atoms with Crippen LogP contribution in [0.5, 0.6) is 0 Å². The molecular formula is C18H16ClN5O2S. The molecule has 0 aliphatic rings. The molecule has 2 aromatic carbocycles. The van der Waals surface area contributed by atoms with E-state index in [0.717, 1.165) is 4.88 Å². The fourth-order valence-electron chi connectivity index (χ4n) is 2.25. The molecule has 7 nitrogen and oxygen atoms in total. The van der Waals surface area contributed by atoms with Gasteiger partial charge in [-0.15, -0.1) is 11.3 Å². The second-order valence-electron chi connectivity index (χ2n) is 5.38. The third-order valence-corrected chi connectivity index (χ3v) is 4.59. The van der Waals surface area contributed by atoms with Gasteiger partial charge in [0.15, 0.2) is 4.47 Å². The first-order valence-electron chi connectivity index (χ1n) is 7.97. The number of amides is 3. The molecule has 0 saturated heterocycles. The summed E-state index contributed by atoms with van der Waals surface area (Å²) >= 11 is 7.18. The molecule has 0 bridgehead atoms. The summed E-state index contributed by atoms with van der Waals surface area (Å²) in [5, 5.41) is 5.79. The smallest absolute Gasteiger partial charge is 0.337 e. The first-order chi connectivity index (χ1) is 13.1. The van der Waals surface area contributed by atoms with E-state index in [1.165, 1.54) is 11.3 Å². The molecule has 0 spiro atoms. The predicted molar refractivity (Wildman–Crippen MR) is 107 cm³/mol. The van der Waals surface area contributed by atoms with E-state index in [2.05, 4.69) is 26.5 Å². The number of nitrogens with zero attached hydrogens (tertiary/aromatic N) is 1. The van der Waals surface area contributed by atoms with E-state index < -0.39 is 11.9 Å². The van der Waals surface area contributed by atoms with Gasteiger partial charge in [0.2, 0.25) is 0 Å². The maximum atomic E-state index is 12.4. The summed E-state index contributed by atoms with van der Waals surface area (Å²) in [6.45, 7) is 0.483. The topological polar surface area (TPSA) is 95.2 Å². The Morgan fingerprint density at radius 2 is 1.74 bits per heavy atom. The summed E-state index contributed by atoms with van der Waals surface area (Å²) in [6, 6.07) is 15.4. The Morgan fingerprint density at radius 3 is 2.48 bits per heavy atom. The highest BCUT2D eigenvalue weighted by atomic mass is 35.5. The van der Waals surface area contributed by atoms with Crippen LogP contribution in [0.3, 0.4) is 0 Å². The van der Waals surface area contributed by atoms with Gasteiger partial charge in [0, 0.05) is 22.4 Å². The van der Waals surface area contributed by atoms with Gasteiger partial charge in [-0.3, -0.25) is 10.2 Å². The van der Waals surface area contributed by atoms with E-state index in [9.17, 15) is 9.59 Å². The number of aromatic nitrogens is 1. The quantitative estimate of drug-likeness (QED) is 0.488. The van der Waals surface area contributed by atoms with Crippen molar-refractivity contribution in [2.45, 2.75) is 6.54 Å². The largest absolute Gasteiger partial charge is 0.379 e. The van der Waals surface area contributed by atoms with Crippen LogP contribution >= 0.6 is 22.9 Å². The highest BCUT2D eigenvalue weighted by molar-refractivity contribution is 7.15. The third kappa shape index (κ3) is 5.44. The average molecular weight is 402 g/mol. The zero-order chi connectivity index (χ0) is 19.1. The zero-order valence-corrected chi connectivity index (χ0v) is 15.6. The molecule has 1 aromatic heterocycles. The van der Waals surface area contributed by atoms with E-state index in [1.807, 2.05) is 12.1 Å². The summed E-state index contributed by atoms with van der Waals surface area (Å²) in [5.41, 5.74) is 6.37. The van der Waals surface area contributed by atoms with Crippen molar-refractivity contribution in [2.75, 3.05) is 10.6 Å². The van der Waals surface area contributed by atoms with Gasteiger partial charge in [-0.25, -0.2) is 15.2 Å². The van der Waals surface area contributed by atoms with Crippen molar-refractivity contribution in [3.63, 3.8) is 0 Å². The number of hydrogen-bond donors (Lipinski definition) is 4. The monoisotopic (exact) mass is 401 g/mol. The molecule has 1 heterocycles. The summed E-state index contributed by atoms with van der Waals surface area (Å²) < 4.78 is 0.464. The van der Waals surface area contributed by atoms with Crippen molar-refractivity contribution in [2.24, 2.45) is 0 Å². The lowest BCUT2D eigenvalue weighted by molar-refractivity contribution is 0.0938. The van der Waals surface area contributed by atoms with Gasteiger partial charge >= 0.3 is 6.03 Å². The van der Waals surface area contributed by atoms with Crippen molar-refractivity contribution < 1.29 is 9.59 Å². The number of para-hydroxylation sites is 2. The van der Waals surface area contributed by atoms with Crippen LogP contribution in [0, 0.1) is 0 Å². The molecule has 0 fully saturated rings. The molecule has 3 aromatic rings. The highest BCUT2D eigenvalue weighted by Crippen LogP contribution is 2.20. The Kier molecular flexibility index (Phi) is 6.24. The number of benzene rings is 2. The summed E-state index contributed by atoms with van der Waals surface area (Å²) in [7, 11) is 0. The molecule has 3 amide bonds. The lowest BCUT2D eigenvalue weighted by Gasteiger charge is -2.12. The molecule has 0 aliphatic heterocycles. The van der Waals surface area contributed by atoms with E-state index >= 15 is 0 Å². The van der Waals surface area contributed by atoms with Crippen molar-refractivity contribution in [1.29, 1.82) is 0 Å². The highest BCUT2D eigenvalue weighted by Gasteiger charge is 2.12. The van der Waals surface area contributed by atoms with Gasteiger partial charge in [0.1, 0.15) is 0 Å². The molecule has 3 rings (SSSR count). The number of halogens is 1. The second-order valence-corrected chi connectivity index (χ2v) is 7.08. The minimum Gasteiger partial charge on any atom is -0.379 e. The Balaban J connectivity index is 1.57. The zero-order valence-electron chi connectivity index (χ0n) is 14.0. The van der Waals surface area contributed by atoms with Crippen LogP contribution in [0.25, 0.3) is 0 Å². The molecule has 9 heteroatoms. The van der Waals surface area contributed by atoms with Gasteiger partial charge in [0.25, 0.3) is 5.91 Å². The molecule has 0 radical (unpaired) electrons. The Labute approximate surface area is 164 Å². The molecule has 27 heavy (non-hydrogen) atoms. The SMILES string of the molecule is O=C(NNC(=O)c1ccccc1NCc1cnc(Cl)s1)Nc1ccccc1. The maximum Gasteiger partial charge on any atom is 0.337 e. The van der Waals surface area contributed by atoms with Crippen LogP contribution in [0.15, 0.2) is 60.8 Å². The Hall–Kier alpha value is -3.10. The van der Waals surface area contributed by atoms with Gasteiger partial charge in [-0.1, -0.05) is 41.9 Å². The van der Waals surface area contributed by atoms with Crippen LogP contribution in [-0.2, 0) is 6.54 Å². The first-order valence-corrected chi connectivity index (χ1v) is 9.17. The van der Waals surface area contributed by atoms with Crippen LogP contribution in [0.2, 0.25) is 4.47 Å². The van der Waals surface area contributed by atoms with E-state index in [1.54, 1.807) is 48.7 Å². The number of carbonyl (C=O) groups excluding carboxylic acids is 2. The second kappa shape index (κ2) is 9.02. The summed E-state index contributed by atoms with van der Waals surface area (Å²) in [4.78, 5) is 29.2. The van der Waals surface area contributed by atoms with E-state index in [0.29, 0.717) is 27.9 Å². The van der Waals surface area contributed by atoms with Gasteiger partial charge in [0.05, 0.1) is 12.1 Å². The van der Waals surface area contributed by atoms with Gasteiger partial charge in [-0.05, 0) is 24.3 Å². The van der Waals surface area contributed by atoms with Crippen molar-refractivity contribution in [3.05, 3.63) is 75.7 Å². The molecule has 4 N–H and O–H groups in total. The van der Waals surface area contributed by atoms with Gasteiger partial charge in [-0.2, -0.15) is 0 Å². The summed E-state index contributed by atoms with van der Waals surface area (Å²) in [6.07, 6.45) is 1.68. The fourth-order valence-corrected chi connectivity index (χ4v) is 3.17. The maximum absolute atomic E-state index is 12.4.